The maximum atomic E-state index is 16.2. The molecule has 1 aromatic heterocycles. The average Bonchev–Trinajstić information content (AvgIpc) is 3.58. The molecule has 4 nitrogen and oxygen atoms in total. The van der Waals surface area contributed by atoms with Crippen LogP contribution in [-0.4, -0.2) is 39.9 Å². The Balaban J connectivity index is 1.69. The van der Waals surface area contributed by atoms with Crippen molar-refractivity contribution in [2.24, 2.45) is 12.5 Å². The lowest BCUT2D eigenvalue weighted by atomic mass is 9.63. The summed E-state index contributed by atoms with van der Waals surface area (Å²) in [7, 11) is 1.71. The Morgan fingerprint density at radius 1 is 0.833 bits per heavy atom. The van der Waals surface area contributed by atoms with E-state index in [0.717, 1.165) is 5.52 Å². The van der Waals surface area contributed by atoms with Crippen LogP contribution in [0, 0.1) is 34.5 Å². The molecule has 222 valence electrons. The Bertz CT molecular complexity index is 1730. The second-order valence-electron chi connectivity index (χ2n) is 10.2. The molecule has 1 aliphatic heterocycles. The van der Waals surface area contributed by atoms with Gasteiger partial charge in [-0.25, -0.2) is 43.9 Å². The highest BCUT2D eigenvalue weighted by molar-refractivity contribution is 6.18. The molecule has 3 atom stereocenters. The summed E-state index contributed by atoms with van der Waals surface area (Å²) >= 11 is 0. The molecule has 3 aromatic rings. The zero-order valence-electron chi connectivity index (χ0n) is 21.6. The lowest BCUT2D eigenvalue weighted by Crippen LogP contribution is -2.61. The highest BCUT2D eigenvalue weighted by Crippen LogP contribution is 2.57. The number of hydrogen-bond acceptors (Lipinski definition) is 2. The van der Waals surface area contributed by atoms with Crippen molar-refractivity contribution in [1.82, 2.24) is 9.47 Å². The number of carbonyl (C=O) groups excluding carboxylic acids is 2. The Morgan fingerprint density at radius 3 is 2.00 bits per heavy atom. The summed E-state index contributed by atoms with van der Waals surface area (Å²) in [6, 6.07) is 6.98. The molecule has 1 saturated heterocycles. The van der Waals surface area contributed by atoms with Crippen molar-refractivity contribution in [3.05, 3.63) is 94.0 Å². The highest BCUT2D eigenvalue weighted by Gasteiger charge is 2.71. The molecular weight excluding hydrogens is 586 g/mol. The predicted molar refractivity (Wildman–Crippen MR) is 128 cm³/mol. The number of benzene rings is 2. The molecule has 2 heterocycles. The largest absolute Gasteiger partial charge is 0.350 e. The third-order valence-electron chi connectivity index (χ3n) is 7.97. The fraction of sp³-hybridized carbons (Fsp3) is 0.286. The van der Waals surface area contributed by atoms with Crippen molar-refractivity contribution in [2.45, 2.75) is 24.9 Å². The van der Waals surface area contributed by atoms with Gasteiger partial charge in [0.2, 0.25) is 17.1 Å². The van der Waals surface area contributed by atoms with Gasteiger partial charge in [0.1, 0.15) is 0 Å². The van der Waals surface area contributed by atoms with Gasteiger partial charge in [-0.3, -0.25) is 9.59 Å². The fourth-order valence-corrected chi connectivity index (χ4v) is 5.76. The van der Waals surface area contributed by atoms with E-state index in [9.17, 15) is 44.7 Å². The number of hydrogen-bond donors (Lipinski definition) is 0. The zero-order valence-corrected chi connectivity index (χ0v) is 21.6. The lowest BCUT2D eigenvalue weighted by molar-refractivity contribution is -0.144. The molecule has 0 radical (unpaired) electrons. The van der Waals surface area contributed by atoms with E-state index in [0.29, 0.717) is 15.8 Å². The molecule has 1 amide bonds. The minimum atomic E-state index is -4.58. The van der Waals surface area contributed by atoms with E-state index in [4.69, 9.17) is 0 Å². The predicted octanol–water partition coefficient (Wildman–Crippen LogP) is 7.10. The van der Waals surface area contributed by atoms with Gasteiger partial charge in [-0.05, 0) is 25.0 Å². The number of fused-ring (bicyclic) bond motifs is 1. The van der Waals surface area contributed by atoms with Crippen LogP contribution in [0.5, 0.6) is 0 Å². The molecule has 3 unspecified atom stereocenters. The van der Waals surface area contributed by atoms with Crippen molar-refractivity contribution in [2.75, 3.05) is 13.1 Å². The van der Waals surface area contributed by atoms with E-state index < -0.39 is 99.7 Å². The van der Waals surface area contributed by atoms with Gasteiger partial charge in [-0.1, -0.05) is 18.2 Å². The number of aromatic nitrogens is 1. The molecule has 0 saturated carbocycles. The third-order valence-corrected chi connectivity index (χ3v) is 7.97. The van der Waals surface area contributed by atoms with Crippen molar-refractivity contribution >= 4 is 22.6 Å². The number of aryl methyl sites for hydroxylation is 1. The summed E-state index contributed by atoms with van der Waals surface area (Å²) in [6.07, 6.45) is 1.76. The van der Waals surface area contributed by atoms with Crippen molar-refractivity contribution in [1.29, 1.82) is 0 Å². The zero-order chi connectivity index (χ0) is 31.0. The monoisotopic (exact) mass is 604 g/mol. The summed E-state index contributed by atoms with van der Waals surface area (Å²) in [5, 5.41) is 0.715. The molecule has 14 heteroatoms. The molecule has 2 aliphatic rings. The van der Waals surface area contributed by atoms with Crippen LogP contribution in [-0.2, 0) is 11.8 Å². The number of halogens is 10. The van der Waals surface area contributed by atoms with E-state index in [1.807, 2.05) is 0 Å². The minimum Gasteiger partial charge on any atom is -0.350 e. The normalized spacial score (nSPS) is 24.8. The van der Waals surface area contributed by atoms with Crippen LogP contribution in [0.25, 0.3) is 10.9 Å². The van der Waals surface area contributed by atoms with Crippen molar-refractivity contribution < 1.29 is 53.5 Å². The molecule has 2 aromatic carbocycles. The van der Waals surface area contributed by atoms with Gasteiger partial charge >= 0.3 is 0 Å². The molecule has 42 heavy (non-hydrogen) atoms. The van der Waals surface area contributed by atoms with Gasteiger partial charge in [0.05, 0.1) is 5.56 Å². The lowest BCUT2D eigenvalue weighted by Gasteiger charge is -2.42. The number of rotatable bonds is 4. The summed E-state index contributed by atoms with van der Waals surface area (Å²) in [6.45, 7) is -0.941. The number of alkyl halides is 1. The molecular formula is C28H18F10N2O2. The first kappa shape index (κ1) is 29.4. The van der Waals surface area contributed by atoms with Gasteiger partial charge in [-0.2, -0.15) is 0 Å². The van der Waals surface area contributed by atoms with E-state index in [1.54, 1.807) is 42.1 Å². The second kappa shape index (κ2) is 9.73. The van der Waals surface area contributed by atoms with Crippen LogP contribution in [0.1, 0.15) is 35.2 Å². The van der Waals surface area contributed by atoms with Crippen LogP contribution < -0.4 is 0 Å². The van der Waals surface area contributed by atoms with E-state index in [2.05, 4.69) is 0 Å². The number of allylic oxidation sites excluding steroid dienone is 3. The van der Waals surface area contributed by atoms with Gasteiger partial charge < -0.3 is 9.47 Å². The fourth-order valence-electron chi connectivity index (χ4n) is 5.76. The van der Waals surface area contributed by atoms with Gasteiger partial charge in [-0.15, -0.1) is 0 Å². The van der Waals surface area contributed by atoms with Gasteiger partial charge in [0.25, 0.3) is 0 Å². The Labute approximate surface area is 230 Å². The Morgan fingerprint density at radius 2 is 1.38 bits per heavy atom. The summed E-state index contributed by atoms with van der Waals surface area (Å²) < 4.78 is 148. The molecule has 0 N–H and O–H groups in total. The number of nitrogens with zero attached hydrogens (tertiary/aromatic N) is 2. The summed E-state index contributed by atoms with van der Waals surface area (Å²) in [5.41, 5.74) is -10.2. The average molecular weight is 604 g/mol. The van der Waals surface area contributed by atoms with Gasteiger partial charge in [0, 0.05) is 43.2 Å². The number of amides is 1. The van der Waals surface area contributed by atoms with E-state index in [1.165, 1.54) is 0 Å². The Kier molecular flexibility index (Phi) is 6.81. The third kappa shape index (κ3) is 3.69. The van der Waals surface area contributed by atoms with Crippen LogP contribution in [0.2, 0.25) is 0 Å². The SMILES string of the molecule is Cn1cc(C2CCN(C(=O)C3(C(=O)c4c(F)c(F)c(F)c(F)c4F)C(F)=C(F)C(F)=C(F)C3(C)F)C2)c2ccccc21. The molecule has 1 aliphatic carbocycles. The molecule has 5 rings (SSSR count). The number of para-hydroxylation sites is 1. The van der Waals surface area contributed by atoms with Crippen LogP contribution in [0.15, 0.2) is 53.8 Å². The smallest absolute Gasteiger partial charge is 0.247 e. The number of Topliss-reactive ketones (excluding diaryl/α,β-unsaturated/α-hetero) is 1. The Hall–Kier alpha value is -4.10. The first-order valence-corrected chi connectivity index (χ1v) is 12.3. The molecule has 1 fully saturated rings. The van der Waals surface area contributed by atoms with Crippen LogP contribution >= 0.6 is 0 Å². The second-order valence-corrected chi connectivity index (χ2v) is 10.2. The maximum Gasteiger partial charge on any atom is 0.247 e. The highest BCUT2D eigenvalue weighted by atomic mass is 19.2. The minimum absolute atomic E-state index is 0.0655. The topological polar surface area (TPSA) is 42.3 Å². The first-order chi connectivity index (χ1) is 19.6. The number of likely N-dealkylation sites (tertiary alicyclic amines) is 1. The van der Waals surface area contributed by atoms with Gasteiger partial charge in [0.15, 0.2) is 58.0 Å². The van der Waals surface area contributed by atoms with Crippen LogP contribution in [0.4, 0.5) is 43.9 Å². The number of carbonyl (C=O) groups is 2. The summed E-state index contributed by atoms with van der Waals surface area (Å²) in [4.78, 5) is 28.0. The van der Waals surface area contributed by atoms with Crippen molar-refractivity contribution in [3.63, 3.8) is 0 Å². The molecule has 0 spiro atoms. The maximum absolute atomic E-state index is 16.2. The summed E-state index contributed by atoms with van der Waals surface area (Å²) in [5.74, 6) is -31.1. The number of ketones is 1. The van der Waals surface area contributed by atoms with Crippen molar-refractivity contribution in [3.8, 4) is 0 Å². The van der Waals surface area contributed by atoms with Crippen LogP contribution in [0.3, 0.4) is 0 Å². The molecule has 0 bridgehead atoms. The standard InChI is InChI=1S/C28H18F10N2O2/c1-27(38)23(36)21(34)22(35)24(37)28(27,25(41)15-16(29)18(31)20(33)19(32)17(15)30)26(42)40-8-7-11(9-40)13-10-39(2)14-6-4-3-5-12(13)14/h3-6,10-11H,7-9H2,1-2H3. The quantitative estimate of drug-likeness (QED) is 0.105. The van der Waals surface area contributed by atoms with E-state index >= 15 is 8.78 Å². The van der Waals surface area contributed by atoms with E-state index in [-0.39, 0.29) is 13.3 Å². The first-order valence-electron chi connectivity index (χ1n) is 12.3.